The molecule has 0 fully saturated rings. The third-order valence-electron chi connectivity index (χ3n) is 2.48. The van der Waals surface area contributed by atoms with E-state index in [9.17, 15) is 0 Å². The molecule has 0 aromatic carbocycles. The Morgan fingerprint density at radius 1 is 1.41 bits per heavy atom. The average molecular weight is 227 g/mol. The summed E-state index contributed by atoms with van der Waals surface area (Å²) in [6.07, 6.45) is 5.99. The Bertz CT molecular complexity index is 524. The molecule has 0 saturated carbocycles. The van der Waals surface area contributed by atoms with Gasteiger partial charge in [0.05, 0.1) is 5.56 Å². The van der Waals surface area contributed by atoms with Crippen molar-refractivity contribution in [1.29, 1.82) is 5.26 Å². The number of nitrogens with one attached hydrogen (secondary N) is 2. The van der Waals surface area contributed by atoms with Gasteiger partial charge in [-0.2, -0.15) is 5.26 Å². The van der Waals surface area contributed by atoms with Crippen molar-refractivity contribution in [2.45, 2.75) is 13.3 Å². The molecule has 17 heavy (non-hydrogen) atoms. The number of aromatic nitrogens is 3. The molecular weight excluding hydrogens is 214 g/mol. The molecule has 0 saturated heterocycles. The van der Waals surface area contributed by atoms with Gasteiger partial charge in [-0.25, -0.2) is 9.97 Å². The quantitative estimate of drug-likeness (QED) is 0.832. The zero-order valence-corrected chi connectivity index (χ0v) is 9.57. The number of aromatic amines is 1. The van der Waals surface area contributed by atoms with Crippen LogP contribution in [0.25, 0.3) is 0 Å². The molecule has 0 aliphatic heterocycles. The first-order chi connectivity index (χ1) is 8.31. The van der Waals surface area contributed by atoms with Crippen molar-refractivity contribution in [1.82, 2.24) is 15.0 Å². The smallest absolute Gasteiger partial charge is 0.144 e. The van der Waals surface area contributed by atoms with Crippen LogP contribution in [-0.2, 0) is 6.42 Å². The molecule has 5 nitrogen and oxygen atoms in total. The highest BCUT2D eigenvalue weighted by atomic mass is 15.0. The number of rotatable bonds is 4. The second kappa shape index (κ2) is 5.12. The van der Waals surface area contributed by atoms with Crippen LogP contribution in [0.5, 0.6) is 0 Å². The van der Waals surface area contributed by atoms with Crippen molar-refractivity contribution in [2.24, 2.45) is 0 Å². The molecule has 5 heteroatoms. The van der Waals surface area contributed by atoms with E-state index in [1.165, 1.54) is 0 Å². The van der Waals surface area contributed by atoms with Gasteiger partial charge in [-0.1, -0.05) is 0 Å². The number of hydrogen-bond donors (Lipinski definition) is 2. The number of imidazole rings is 1. The molecule has 0 unspecified atom stereocenters. The first-order valence-corrected chi connectivity index (χ1v) is 5.39. The molecule has 0 aliphatic rings. The Hall–Kier alpha value is -2.35. The van der Waals surface area contributed by atoms with Gasteiger partial charge in [0.1, 0.15) is 17.7 Å². The van der Waals surface area contributed by atoms with Crippen molar-refractivity contribution in [3.8, 4) is 6.07 Å². The maximum atomic E-state index is 9.03. The monoisotopic (exact) mass is 227 g/mol. The second-order valence-corrected chi connectivity index (χ2v) is 3.68. The highest BCUT2D eigenvalue weighted by Crippen LogP contribution is 2.14. The Morgan fingerprint density at radius 2 is 2.29 bits per heavy atom. The van der Waals surface area contributed by atoms with Crippen LogP contribution in [0.4, 0.5) is 5.82 Å². The summed E-state index contributed by atoms with van der Waals surface area (Å²) in [5, 5.41) is 12.2. The Labute approximate surface area is 99.5 Å². The number of pyridine rings is 1. The van der Waals surface area contributed by atoms with Crippen molar-refractivity contribution in [3.63, 3.8) is 0 Å². The molecular formula is C12H13N5. The van der Waals surface area contributed by atoms with Crippen LogP contribution < -0.4 is 5.32 Å². The van der Waals surface area contributed by atoms with Crippen LogP contribution in [0.15, 0.2) is 24.7 Å². The minimum atomic E-state index is 0.604. The highest BCUT2D eigenvalue weighted by Gasteiger charge is 2.05. The largest absolute Gasteiger partial charge is 0.369 e. The predicted molar refractivity (Wildman–Crippen MR) is 64.5 cm³/mol. The lowest BCUT2D eigenvalue weighted by molar-refractivity contribution is 0.920. The Balaban J connectivity index is 2.00. The minimum Gasteiger partial charge on any atom is -0.369 e. The Morgan fingerprint density at radius 3 is 3.00 bits per heavy atom. The van der Waals surface area contributed by atoms with Crippen molar-refractivity contribution in [3.05, 3.63) is 41.6 Å². The standard InChI is InChI=1S/C12H13N5/c1-9-2-4-16-12(10(9)8-13)17-5-3-11-14-6-7-15-11/h2,4,6-7H,3,5H2,1H3,(H,14,15)(H,16,17). The van der Waals surface area contributed by atoms with E-state index in [1.807, 2.05) is 13.0 Å². The summed E-state index contributed by atoms with van der Waals surface area (Å²) in [6.45, 7) is 2.59. The molecule has 0 atom stereocenters. The molecule has 2 aromatic rings. The summed E-state index contributed by atoms with van der Waals surface area (Å²) in [6, 6.07) is 3.99. The number of aryl methyl sites for hydroxylation is 1. The van der Waals surface area contributed by atoms with Crippen LogP contribution in [0, 0.1) is 18.3 Å². The van der Waals surface area contributed by atoms with Gasteiger partial charge in [-0.05, 0) is 18.6 Å². The summed E-state index contributed by atoms with van der Waals surface area (Å²) in [7, 11) is 0. The second-order valence-electron chi connectivity index (χ2n) is 3.68. The molecule has 0 aliphatic carbocycles. The molecule has 0 radical (unpaired) electrons. The highest BCUT2D eigenvalue weighted by molar-refractivity contribution is 5.55. The van der Waals surface area contributed by atoms with Crippen molar-refractivity contribution in [2.75, 3.05) is 11.9 Å². The van der Waals surface area contributed by atoms with E-state index >= 15 is 0 Å². The van der Waals surface area contributed by atoms with Crippen LogP contribution in [-0.4, -0.2) is 21.5 Å². The lowest BCUT2D eigenvalue weighted by Crippen LogP contribution is -2.09. The van der Waals surface area contributed by atoms with Gasteiger partial charge in [0.15, 0.2) is 0 Å². The third-order valence-corrected chi connectivity index (χ3v) is 2.48. The SMILES string of the molecule is Cc1ccnc(NCCc2ncc[nH]2)c1C#N. The molecule has 2 N–H and O–H groups in total. The summed E-state index contributed by atoms with van der Waals surface area (Å²) in [4.78, 5) is 11.3. The Kier molecular flexibility index (Phi) is 3.36. The summed E-state index contributed by atoms with van der Waals surface area (Å²) in [5.74, 6) is 1.56. The fourth-order valence-electron chi connectivity index (χ4n) is 1.57. The van der Waals surface area contributed by atoms with Gasteiger partial charge in [0.2, 0.25) is 0 Å². The maximum absolute atomic E-state index is 9.03. The topological polar surface area (TPSA) is 77.4 Å². The summed E-state index contributed by atoms with van der Waals surface area (Å²) < 4.78 is 0. The molecule has 0 spiro atoms. The zero-order chi connectivity index (χ0) is 12.1. The maximum Gasteiger partial charge on any atom is 0.144 e. The third kappa shape index (κ3) is 2.61. The molecule has 0 bridgehead atoms. The summed E-state index contributed by atoms with van der Waals surface area (Å²) in [5.41, 5.74) is 1.54. The predicted octanol–water partition coefficient (Wildman–Crippen LogP) is 1.64. The van der Waals surface area contributed by atoms with Crippen LogP contribution >= 0.6 is 0 Å². The van der Waals surface area contributed by atoms with E-state index in [0.717, 1.165) is 17.8 Å². The average Bonchev–Trinajstić information content (AvgIpc) is 2.82. The first-order valence-electron chi connectivity index (χ1n) is 5.39. The fourth-order valence-corrected chi connectivity index (χ4v) is 1.57. The van der Waals surface area contributed by atoms with Crippen LogP contribution in [0.2, 0.25) is 0 Å². The lowest BCUT2D eigenvalue weighted by atomic mass is 10.1. The van der Waals surface area contributed by atoms with E-state index < -0.39 is 0 Å². The van der Waals surface area contributed by atoms with E-state index in [2.05, 4.69) is 26.3 Å². The molecule has 0 amide bonds. The first kappa shape index (κ1) is 11.1. The van der Waals surface area contributed by atoms with Gasteiger partial charge in [0, 0.05) is 31.6 Å². The number of nitriles is 1. The molecule has 86 valence electrons. The van der Waals surface area contributed by atoms with Crippen molar-refractivity contribution < 1.29 is 0 Å². The number of anilines is 1. The summed E-state index contributed by atoms with van der Waals surface area (Å²) >= 11 is 0. The van der Waals surface area contributed by atoms with E-state index in [-0.39, 0.29) is 0 Å². The van der Waals surface area contributed by atoms with E-state index in [4.69, 9.17) is 5.26 Å². The molecule has 2 heterocycles. The minimum absolute atomic E-state index is 0.604. The van der Waals surface area contributed by atoms with Crippen LogP contribution in [0.3, 0.4) is 0 Å². The van der Waals surface area contributed by atoms with E-state index in [0.29, 0.717) is 17.9 Å². The van der Waals surface area contributed by atoms with Gasteiger partial charge in [0.25, 0.3) is 0 Å². The van der Waals surface area contributed by atoms with Gasteiger partial charge in [-0.3, -0.25) is 0 Å². The van der Waals surface area contributed by atoms with E-state index in [1.54, 1.807) is 18.6 Å². The fraction of sp³-hybridized carbons (Fsp3) is 0.250. The zero-order valence-electron chi connectivity index (χ0n) is 9.57. The van der Waals surface area contributed by atoms with Crippen molar-refractivity contribution >= 4 is 5.82 Å². The van der Waals surface area contributed by atoms with Gasteiger partial charge < -0.3 is 10.3 Å². The van der Waals surface area contributed by atoms with Gasteiger partial charge >= 0.3 is 0 Å². The lowest BCUT2D eigenvalue weighted by Gasteiger charge is -2.07. The number of nitrogens with zero attached hydrogens (tertiary/aromatic N) is 3. The molecule has 2 aromatic heterocycles. The number of hydrogen-bond acceptors (Lipinski definition) is 4. The molecule has 2 rings (SSSR count). The number of H-pyrrole nitrogens is 1. The van der Waals surface area contributed by atoms with Crippen LogP contribution in [0.1, 0.15) is 17.0 Å². The normalized spacial score (nSPS) is 9.88. The van der Waals surface area contributed by atoms with Gasteiger partial charge in [-0.15, -0.1) is 0 Å².